The van der Waals surface area contributed by atoms with Crippen molar-refractivity contribution in [3.63, 3.8) is 0 Å². The molecular weight excluding hydrogens is 436 g/mol. The molecule has 8 nitrogen and oxygen atoms in total. The minimum atomic E-state index is -1.45. The fraction of sp³-hybridized carbons (Fsp3) is 0.913. The zero-order valence-electron chi connectivity index (χ0n) is 19.3. The van der Waals surface area contributed by atoms with Gasteiger partial charge in [0, 0.05) is 12.8 Å². The average Bonchev–Trinajstić information content (AvgIpc) is 2.79. The van der Waals surface area contributed by atoms with Gasteiger partial charge in [-0.25, -0.2) is 0 Å². The van der Waals surface area contributed by atoms with Crippen LogP contribution in [-0.2, 0) is 19.1 Å². The molecule has 0 aromatic rings. The molecule has 0 radical (unpaired) electrons. The predicted molar refractivity (Wildman–Crippen MR) is 123 cm³/mol. The molecule has 0 aromatic carbocycles. The maximum absolute atomic E-state index is 12.1. The van der Waals surface area contributed by atoms with Gasteiger partial charge in [-0.05, 0) is 12.8 Å². The molecule has 0 bridgehead atoms. The Bertz CT molecular complexity index is 516. The number of ether oxygens (including phenoxy) is 2. The normalized spacial score (nSPS) is 25.6. The third-order valence-corrected chi connectivity index (χ3v) is 6.92. The lowest BCUT2D eigenvalue weighted by molar-refractivity contribution is -0.205. The van der Waals surface area contributed by atoms with Gasteiger partial charge in [-0.3, -0.25) is 9.59 Å². The van der Waals surface area contributed by atoms with E-state index >= 15 is 0 Å². The Morgan fingerprint density at radius 1 is 0.750 bits per heavy atom. The molecule has 32 heavy (non-hydrogen) atoms. The van der Waals surface area contributed by atoms with E-state index in [1.165, 1.54) is 45.6 Å². The molecule has 9 heteroatoms. The lowest BCUT2D eigenvalue weighted by Crippen LogP contribution is -2.57. The largest absolute Gasteiger partial charge is 0.469 e. The van der Waals surface area contributed by atoms with Crippen molar-refractivity contribution in [2.45, 2.75) is 120 Å². The first-order valence-electron chi connectivity index (χ1n) is 12.0. The van der Waals surface area contributed by atoms with Crippen molar-refractivity contribution in [3.05, 3.63) is 0 Å². The molecule has 1 aliphatic rings. The third-order valence-electron chi connectivity index (χ3n) is 5.84. The van der Waals surface area contributed by atoms with Gasteiger partial charge in [-0.1, -0.05) is 76.0 Å². The molecule has 0 unspecified atom stereocenters. The van der Waals surface area contributed by atoms with E-state index in [9.17, 15) is 30.0 Å². The number of carbonyl (C=O) groups excluding carboxylic acids is 2. The quantitative estimate of drug-likeness (QED) is 0.184. The summed E-state index contributed by atoms with van der Waals surface area (Å²) in [5, 5.41) is 38.6. The predicted octanol–water partition coefficient (Wildman–Crippen LogP) is 2.68. The molecule has 0 aromatic heterocycles. The molecule has 4 N–H and O–H groups in total. The van der Waals surface area contributed by atoms with Crippen LogP contribution in [0.1, 0.15) is 89.9 Å². The summed E-state index contributed by atoms with van der Waals surface area (Å²) in [6.07, 6.45) is 8.99. The topological polar surface area (TPSA) is 134 Å². The standard InChI is InChI=1S/C23H42O8S/c1-30-18(25)14-12-10-8-6-4-2-3-5-7-9-11-13-15-19(26)32-23-22(29)21(28)20(27)17(16-24)31-23/h17,20-24,27-29H,2-16H2,1H3/t17-,20-,21+,22-,23+/m1/s1. The van der Waals surface area contributed by atoms with Crippen molar-refractivity contribution < 1.29 is 39.5 Å². The number of carbonyl (C=O) groups is 2. The van der Waals surface area contributed by atoms with Crippen molar-refractivity contribution >= 4 is 22.8 Å². The molecule has 0 aliphatic carbocycles. The van der Waals surface area contributed by atoms with Crippen LogP contribution in [0.25, 0.3) is 0 Å². The Labute approximate surface area is 196 Å². The zero-order chi connectivity index (χ0) is 23.8. The summed E-state index contributed by atoms with van der Waals surface area (Å²) >= 11 is 0.824. The lowest BCUT2D eigenvalue weighted by atomic mass is 10.0. The minimum absolute atomic E-state index is 0.123. The maximum Gasteiger partial charge on any atom is 0.305 e. The second kappa shape index (κ2) is 17.7. The molecule has 0 saturated carbocycles. The Balaban J connectivity index is 1.95. The van der Waals surface area contributed by atoms with E-state index < -0.39 is 36.5 Å². The molecule has 1 saturated heterocycles. The van der Waals surface area contributed by atoms with Gasteiger partial charge < -0.3 is 29.9 Å². The number of methoxy groups -OCH3 is 1. The molecule has 1 heterocycles. The Morgan fingerprint density at radius 2 is 1.22 bits per heavy atom. The van der Waals surface area contributed by atoms with Gasteiger partial charge in [0.1, 0.15) is 29.9 Å². The minimum Gasteiger partial charge on any atom is -0.469 e. The number of esters is 1. The van der Waals surface area contributed by atoms with Crippen LogP contribution in [0.15, 0.2) is 0 Å². The van der Waals surface area contributed by atoms with Crippen molar-refractivity contribution in [2.24, 2.45) is 0 Å². The maximum atomic E-state index is 12.1. The molecular formula is C23H42O8S. The monoisotopic (exact) mass is 478 g/mol. The van der Waals surface area contributed by atoms with Gasteiger partial charge in [0.25, 0.3) is 0 Å². The summed E-state index contributed by atoms with van der Waals surface area (Å²) in [6, 6.07) is 0. The van der Waals surface area contributed by atoms with Crippen LogP contribution >= 0.6 is 11.8 Å². The van der Waals surface area contributed by atoms with E-state index in [-0.39, 0.29) is 11.1 Å². The summed E-state index contributed by atoms with van der Waals surface area (Å²) in [5.74, 6) is -0.123. The summed E-state index contributed by atoms with van der Waals surface area (Å²) < 4.78 is 9.97. The highest BCUT2D eigenvalue weighted by Crippen LogP contribution is 2.30. The molecule has 0 amide bonds. The van der Waals surface area contributed by atoms with Crippen molar-refractivity contribution in [2.75, 3.05) is 13.7 Å². The van der Waals surface area contributed by atoms with Crippen LogP contribution in [-0.4, -0.2) is 75.1 Å². The van der Waals surface area contributed by atoms with Crippen molar-refractivity contribution in [3.8, 4) is 0 Å². The highest BCUT2D eigenvalue weighted by atomic mass is 32.2. The van der Waals surface area contributed by atoms with E-state index in [0.717, 1.165) is 50.3 Å². The first-order valence-corrected chi connectivity index (χ1v) is 12.9. The van der Waals surface area contributed by atoms with E-state index in [4.69, 9.17) is 4.74 Å². The van der Waals surface area contributed by atoms with Gasteiger partial charge in [-0.15, -0.1) is 0 Å². The third kappa shape index (κ3) is 12.0. The fourth-order valence-electron chi connectivity index (χ4n) is 3.76. The smallest absolute Gasteiger partial charge is 0.305 e. The van der Waals surface area contributed by atoms with Crippen molar-refractivity contribution in [1.82, 2.24) is 0 Å². The molecule has 1 rings (SSSR count). The van der Waals surface area contributed by atoms with Crippen LogP contribution < -0.4 is 0 Å². The van der Waals surface area contributed by atoms with Gasteiger partial charge in [0.15, 0.2) is 5.12 Å². The first-order chi connectivity index (χ1) is 15.4. The first kappa shape index (κ1) is 29.3. The van der Waals surface area contributed by atoms with Gasteiger partial charge in [0.2, 0.25) is 0 Å². The number of hydrogen-bond donors (Lipinski definition) is 4. The second-order valence-corrected chi connectivity index (χ2v) is 9.66. The number of rotatable bonds is 17. The van der Waals surface area contributed by atoms with E-state index in [1.807, 2.05) is 0 Å². The highest BCUT2D eigenvalue weighted by molar-refractivity contribution is 8.14. The number of thioether (sulfide) groups is 1. The Hall–Kier alpha value is -0.710. The summed E-state index contributed by atoms with van der Waals surface area (Å²) in [5.41, 5.74) is -0.981. The number of aliphatic hydroxyl groups is 4. The van der Waals surface area contributed by atoms with Gasteiger partial charge >= 0.3 is 5.97 Å². The number of unbranched alkanes of at least 4 members (excludes halogenated alkanes) is 11. The van der Waals surface area contributed by atoms with Crippen LogP contribution in [0.5, 0.6) is 0 Å². The van der Waals surface area contributed by atoms with Gasteiger partial charge in [0.05, 0.1) is 13.7 Å². The van der Waals surface area contributed by atoms with Gasteiger partial charge in [-0.2, -0.15) is 0 Å². The second-order valence-electron chi connectivity index (χ2n) is 8.51. The van der Waals surface area contributed by atoms with Crippen LogP contribution in [0.3, 0.4) is 0 Å². The van der Waals surface area contributed by atoms with Crippen molar-refractivity contribution in [1.29, 1.82) is 0 Å². The van der Waals surface area contributed by atoms with E-state index in [2.05, 4.69) is 4.74 Å². The Kier molecular flexibility index (Phi) is 16.2. The number of aliphatic hydroxyl groups excluding tert-OH is 4. The SMILES string of the molecule is COC(=O)CCCCCCCCCCCCCCC(=O)S[C@@H]1O[C@H](CO)[C@@H](O)[C@H](O)[C@H]1O. The highest BCUT2D eigenvalue weighted by Gasteiger charge is 2.44. The molecule has 1 fully saturated rings. The average molecular weight is 479 g/mol. The van der Waals surface area contributed by atoms with Crippen LogP contribution in [0, 0.1) is 0 Å². The molecule has 0 spiro atoms. The Morgan fingerprint density at radius 3 is 1.69 bits per heavy atom. The molecule has 1 aliphatic heterocycles. The number of hydrogen-bond acceptors (Lipinski definition) is 9. The van der Waals surface area contributed by atoms with E-state index in [1.54, 1.807) is 0 Å². The summed E-state index contributed by atoms with van der Waals surface area (Å²) in [6.45, 7) is -0.493. The lowest BCUT2D eigenvalue weighted by Gasteiger charge is -2.39. The van der Waals surface area contributed by atoms with E-state index in [0.29, 0.717) is 12.8 Å². The molecule has 5 atom stereocenters. The summed E-state index contributed by atoms with van der Waals surface area (Å²) in [4.78, 5) is 23.1. The summed E-state index contributed by atoms with van der Waals surface area (Å²) in [7, 11) is 1.43. The van der Waals surface area contributed by atoms with Crippen LogP contribution in [0.2, 0.25) is 0 Å². The molecule has 188 valence electrons. The van der Waals surface area contributed by atoms with Crippen LogP contribution in [0.4, 0.5) is 0 Å². The zero-order valence-corrected chi connectivity index (χ0v) is 20.1. The fourth-order valence-corrected chi connectivity index (χ4v) is 4.78.